The molecule has 1 fully saturated rings. The van der Waals surface area contributed by atoms with Crippen molar-refractivity contribution in [3.05, 3.63) is 35.6 Å². The normalized spacial score (nSPS) is 23.6. The molecule has 0 bridgehead atoms. The first kappa shape index (κ1) is 11.9. The summed E-state index contributed by atoms with van der Waals surface area (Å²) in [4.78, 5) is 10.8. The van der Waals surface area contributed by atoms with Gasteiger partial charge in [-0.25, -0.2) is 14.2 Å². The van der Waals surface area contributed by atoms with Crippen LogP contribution in [0.5, 0.6) is 0 Å². The van der Waals surface area contributed by atoms with Crippen molar-refractivity contribution in [2.45, 2.75) is 31.2 Å². The fourth-order valence-electron chi connectivity index (χ4n) is 2.45. The summed E-state index contributed by atoms with van der Waals surface area (Å²) in [7, 11) is 0. The third kappa shape index (κ3) is 2.39. The summed E-state index contributed by atoms with van der Waals surface area (Å²) in [5.41, 5.74) is 5.64. The summed E-state index contributed by atoms with van der Waals surface area (Å²) in [6.07, 6.45) is 1.93. The number of carbonyl (C=O) groups excluding carboxylic acids is 1. The van der Waals surface area contributed by atoms with Gasteiger partial charge in [-0.3, -0.25) is 5.21 Å². The van der Waals surface area contributed by atoms with Crippen LogP contribution in [0.15, 0.2) is 24.3 Å². The summed E-state index contributed by atoms with van der Waals surface area (Å²) >= 11 is 0. The maximum atomic E-state index is 13.6. The summed E-state index contributed by atoms with van der Waals surface area (Å²) in [5, 5.41) is 9.98. The molecular formula is C12H15FN2O2. The molecule has 4 nitrogen and oxygen atoms in total. The van der Waals surface area contributed by atoms with Crippen LogP contribution in [0.4, 0.5) is 9.18 Å². The molecule has 1 aliphatic carbocycles. The summed E-state index contributed by atoms with van der Waals surface area (Å²) in [6.45, 7) is 0. The van der Waals surface area contributed by atoms with Crippen molar-refractivity contribution in [1.82, 2.24) is 5.06 Å². The van der Waals surface area contributed by atoms with E-state index in [1.807, 2.05) is 0 Å². The van der Waals surface area contributed by atoms with Gasteiger partial charge in [0.1, 0.15) is 5.82 Å². The lowest BCUT2D eigenvalue weighted by Crippen LogP contribution is -2.39. The Bertz CT molecular complexity index is 425. The molecule has 0 radical (unpaired) electrons. The van der Waals surface area contributed by atoms with E-state index in [1.54, 1.807) is 18.2 Å². The highest BCUT2D eigenvalue weighted by Gasteiger charge is 2.32. The molecule has 0 heterocycles. The van der Waals surface area contributed by atoms with Crippen molar-refractivity contribution in [1.29, 1.82) is 0 Å². The third-order valence-corrected chi connectivity index (χ3v) is 3.32. The molecule has 5 heteroatoms. The lowest BCUT2D eigenvalue weighted by molar-refractivity contribution is -0.0730. The number of carbonyl (C=O) groups is 1. The van der Waals surface area contributed by atoms with E-state index in [4.69, 9.17) is 5.73 Å². The summed E-state index contributed by atoms with van der Waals surface area (Å²) in [6, 6.07) is 5.44. The maximum absolute atomic E-state index is 13.6. The Hall–Kier alpha value is -1.62. The first-order chi connectivity index (χ1) is 8.09. The highest BCUT2D eigenvalue weighted by atomic mass is 19.1. The van der Waals surface area contributed by atoms with Crippen molar-refractivity contribution < 1.29 is 14.4 Å². The van der Waals surface area contributed by atoms with Gasteiger partial charge in [-0.1, -0.05) is 18.2 Å². The van der Waals surface area contributed by atoms with E-state index in [2.05, 4.69) is 0 Å². The number of primary amides is 1. The molecule has 1 aromatic rings. The van der Waals surface area contributed by atoms with Crippen molar-refractivity contribution in [3.63, 3.8) is 0 Å². The smallest absolute Gasteiger partial charge is 0.338 e. The largest absolute Gasteiger partial charge is 0.350 e. The van der Waals surface area contributed by atoms with Gasteiger partial charge in [0, 0.05) is 0 Å². The highest BCUT2D eigenvalue weighted by Crippen LogP contribution is 2.37. The molecule has 17 heavy (non-hydrogen) atoms. The number of hydrogen-bond acceptors (Lipinski definition) is 2. The van der Waals surface area contributed by atoms with Crippen LogP contribution in [-0.4, -0.2) is 22.3 Å². The number of nitrogens with two attached hydrogens (primary N) is 1. The van der Waals surface area contributed by atoms with Crippen molar-refractivity contribution in [2.24, 2.45) is 5.73 Å². The fourth-order valence-corrected chi connectivity index (χ4v) is 2.45. The minimum absolute atomic E-state index is 0.0372. The van der Waals surface area contributed by atoms with Gasteiger partial charge in [-0.05, 0) is 36.8 Å². The lowest BCUT2D eigenvalue weighted by Gasteiger charge is -2.20. The van der Waals surface area contributed by atoms with Crippen LogP contribution in [0.1, 0.15) is 30.7 Å². The van der Waals surface area contributed by atoms with Gasteiger partial charge in [-0.2, -0.15) is 0 Å². The molecule has 1 aromatic carbocycles. The van der Waals surface area contributed by atoms with Gasteiger partial charge >= 0.3 is 6.03 Å². The van der Waals surface area contributed by atoms with Crippen LogP contribution in [0.2, 0.25) is 0 Å². The Balaban J connectivity index is 2.08. The van der Waals surface area contributed by atoms with Crippen LogP contribution in [0.25, 0.3) is 0 Å². The van der Waals surface area contributed by atoms with Crippen LogP contribution >= 0.6 is 0 Å². The number of hydroxylamine groups is 2. The molecule has 3 N–H and O–H groups in total. The molecular weight excluding hydrogens is 223 g/mol. The number of halogens is 1. The maximum Gasteiger partial charge on any atom is 0.338 e. The third-order valence-electron chi connectivity index (χ3n) is 3.32. The van der Waals surface area contributed by atoms with Crippen LogP contribution in [0, 0.1) is 5.82 Å². The molecule has 1 saturated carbocycles. The average molecular weight is 238 g/mol. The van der Waals surface area contributed by atoms with Crippen LogP contribution in [0.3, 0.4) is 0 Å². The molecule has 0 aromatic heterocycles. The molecule has 2 amide bonds. The Labute approximate surface area is 98.8 Å². The van der Waals surface area contributed by atoms with Gasteiger partial charge in [-0.15, -0.1) is 0 Å². The Morgan fingerprint density at radius 3 is 2.76 bits per heavy atom. The quantitative estimate of drug-likeness (QED) is 0.613. The zero-order valence-corrected chi connectivity index (χ0v) is 9.34. The number of hydrogen-bond donors (Lipinski definition) is 2. The first-order valence-corrected chi connectivity index (χ1v) is 5.61. The number of amides is 2. The second-order valence-electron chi connectivity index (χ2n) is 4.37. The molecule has 92 valence electrons. The van der Waals surface area contributed by atoms with Crippen molar-refractivity contribution in [2.75, 3.05) is 0 Å². The molecule has 0 aliphatic heterocycles. The predicted octanol–water partition coefficient (Wildman–Crippen LogP) is 2.23. The van der Waals surface area contributed by atoms with E-state index in [-0.39, 0.29) is 17.8 Å². The molecule has 0 unspecified atom stereocenters. The van der Waals surface area contributed by atoms with Crippen LogP contribution < -0.4 is 5.73 Å². The Morgan fingerprint density at radius 2 is 2.12 bits per heavy atom. The number of urea groups is 1. The van der Waals surface area contributed by atoms with Gasteiger partial charge < -0.3 is 5.73 Å². The van der Waals surface area contributed by atoms with E-state index in [1.165, 1.54) is 6.07 Å². The predicted molar refractivity (Wildman–Crippen MR) is 60.0 cm³/mol. The Morgan fingerprint density at radius 1 is 1.41 bits per heavy atom. The molecule has 2 rings (SSSR count). The number of nitrogens with zero attached hydrogens (tertiary/aromatic N) is 1. The summed E-state index contributed by atoms with van der Waals surface area (Å²) in [5.74, 6) is -0.197. The van der Waals surface area contributed by atoms with Gasteiger partial charge in [0.25, 0.3) is 0 Å². The molecule has 2 atom stereocenters. The van der Waals surface area contributed by atoms with Crippen LogP contribution in [-0.2, 0) is 0 Å². The van der Waals surface area contributed by atoms with Gasteiger partial charge in [0.15, 0.2) is 0 Å². The van der Waals surface area contributed by atoms with E-state index in [9.17, 15) is 14.4 Å². The minimum atomic E-state index is -0.857. The second kappa shape index (κ2) is 4.71. The van der Waals surface area contributed by atoms with Gasteiger partial charge in [0.2, 0.25) is 0 Å². The minimum Gasteiger partial charge on any atom is -0.350 e. The molecule has 0 saturated heterocycles. The van der Waals surface area contributed by atoms with E-state index in [0.717, 1.165) is 6.42 Å². The van der Waals surface area contributed by atoms with Crippen molar-refractivity contribution >= 4 is 6.03 Å². The zero-order valence-electron chi connectivity index (χ0n) is 9.34. The number of benzene rings is 1. The topological polar surface area (TPSA) is 66.6 Å². The standard InChI is InChI=1S/C12H15FN2O2/c13-11-4-2-1-3-10(11)8-5-6-9(7-8)15(17)12(14)16/h1-4,8-9,17H,5-7H2,(H2,14,16)/t8-,9-/m0/s1. The van der Waals surface area contributed by atoms with Crippen molar-refractivity contribution in [3.8, 4) is 0 Å². The zero-order chi connectivity index (χ0) is 12.4. The summed E-state index contributed by atoms with van der Waals surface area (Å²) < 4.78 is 13.6. The van der Waals surface area contributed by atoms with E-state index >= 15 is 0 Å². The first-order valence-electron chi connectivity index (χ1n) is 5.61. The van der Waals surface area contributed by atoms with E-state index in [0.29, 0.717) is 23.5 Å². The van der Waals surface area contributed by atoms with E-state index < -0.39 is 6.03 Å². The second-order valence-corrected chi connectivity index (χ2v) is 4.37. The molecule has 0 spiro atoms. The van der Waals surface area contributed by atoms with Gasteiger partial charge in [0.05, 0.1) is 6.04 Å². The average Bonchev–Trinajstić information content (AvgIpc) is 2.77. The fraction of sp³-hybridized carbons (Fsp3) is 0.417. The Kier molecular flexibility index (Phi) is 3.28. The highest BCUT2D eigenvalue weighted by molar-refractivity contribution is 5.70. The molecule has 1 aliphatic rings. The SMILES string of the molecule is NC(=O)N(O)[C@H]1CC[C@H](c2ccccc2F)C1. The lowest BCUT2D eigenvalue weighted by atomic mass is 9.97. The number of rotatable bonds is 2. The monoisotopic (exact) mass is 238 g/mol.